The van der Waals surface area contributed by atoms with E-state index in [4.69, 9.17) is 5.11 Å². The molecule has 0 saturated heterocycles. The van der Waals surface area contributed by atoms with Gasteiger partial charge in [0.1, 0.15) is 5.70 Å². The lowest BCUT2D eigenvalue weighted by molar-refractivity contribution is -0.137. The minimum absolute atomic E-state index is 0.0457. The van der Waals surface area contributed by atoms with E-state index in [0.29, 0.717) is 29.3 Å². The van der Waals surface area contributed by atoms with E-state index < -0.39 is 11.8 Å². The lowest BCUT2D eigenvalue weighted by atomic mass is 10.1. The molecule has 0 saturated carbocycles. The first-order valence-electron chi connectivity index (χ1n) is 8.18. The molecule has 0 aliphatic carbocycles. The number of hydrogen-bond acceptors (Lipinski definition) is 5. The first kappa shape index (κ1) is 18.7. The van der Waals surface area contributed by atoms with Crippen LogP contribution < -0.4 is 10.6 Å². The molecule has 1 aromatic rings. The van der Waals surface area contributed by atoms with Crippen molar-refractivity contribution in [1.82, 2.24) is 10.2 Å². The number of benzene rings is 1. The van der Waals surface area contributed by atoms with Gasteiger partial charge in [0.2, 0.25) is 0 Å². The molecule has 0 spiro atoms. The van der Waals surface area contributed by atoms with Crippen molar-refractivity contribution in [3.63, 3.8) is 0 Å². The molecule has 0 atom stereocenters. The Labute approximate surface area is 146 Å². The van der Waals surface area contributed by atoms with Crippen molar-refractivity contribution in [2.24, 2.45) is 5.92 Å². The summed E-state index contributed by atoms with van der Waals surface area (Å²) in [5, 5.41) is 14.7. The van der Waals surface area contributed by atoms with Gasteiger partial charge in [0.25, 0.3) is 17.7 Å². The molecular weight excluding hydrogens is 322 g/mol. The second kappa shape index (κ2) is 7.94. The van der Waals surface area contributed by atoms with E-state index >= 15 is 0 Å². The van der Waals surface area contributed by atoms with Gasteiger partial charge in [-0.2, -0.15) is 0 Å². The van der Waals surface area contributed by atoms with Crippen LogP contribution in [0.1, 0.15) is 29.8 Å². The zero-order valence-corrected chi connectivity index (χ0v) is 14.6. The molecule has 7 nitrogen and oxygen atoms in total. The number of β-amino-alcohol motifs (C(OH)–C–C–N with tert-alkyl or cyclic N) is 1. The number of anilines is 1. The maximum atomic E-state index is 12.3. The summed E-state index contributed by atoms with van der Waals surface area (Å²) >= 11 is 0. The zero-order chi connectivity index (χ0) is 18.6. The van der Waals surface area contributed by atoms with E-state index in [-0.39, 0.29) is 24.8 Å². The van der Waals surface area contributed by atoms with E-state index in [9.17, 15) is 14.4 Å². The van der Waals surface area contributed by atoms with Crippen LogP contribution in [-0.2, 0) is 9.59 Å². The molecule has 1 aromatic carbocycles. The summed E-state index contributed by atoms with van der Waals surface area (Å²) in [5.41, 5.74) is 1.90. The summed E-state index contributed by atoms with van der Waals surface area (Å²) in [7, 11) is 0. The Hall–Kier alpha value is -2.67. The van der Waals surface area contributed by atoms with E-state index in [2.05, 4.69) is 10.6 Å². The molecule has 7 heteroatoms. The number of aliphatic hydroxyl groups is 1. The highest BCUT2D eigenvalue weighted by atomic mass is 16.3. The molecule has 0 radical (unpaired) electrons. The Balaban J connectivity index is 2.17. The number of rotatable bonds is 7. The molecule has 2 rings (SSSR count). The highest BCUT2D eigenvalue weighted by Gasteiger charge is 2.31. The van der Waals surface area contributed by atoms with E-state index in [1.807, 2.05) is 13.8 Å². The van der Waals surface area contributed by atoms with Gasteiger partial charge in [0, 0.05) is 23.9 Å². The number of imide groups is 1. The summed E-state index contributed by atoms with van der Waals surface area (Å²) < 4.78 is 0. The normalized spacial score (nSPS) is 14.1. The van der Waals surface area contributed by atoms with Crippen LogP contribution in [0.2, 0.25) is 0 Å². The Kier molecular flexibility index (Phi) is 5.93. The van der Waals surface area contributed by atoms with E-state index in [1.165, 1.54) is 6.08 Å². The summed E-state index contributed by atoms with van der Waals surface area (Å²) in [4.78, 5) is 37.3. The van der Waals surface area contributed by atoms with Gasteiger partial charge in [0.05, 0.1) is 13.2 Å². The van der Waals surface area contributed by atoms with Gasteiger partial charge < -0.3 is 15.7 Å². The topological polar surface area (TPSA) is 98.7 Å². The number of hydrogen-bond donors (Lipinski definition) is 3. The number of nitrogens with one attached hydrogen (secondary N) is 2. The standard InChI is InChI=1S/C18H23N3O4/c1-11(2)10-19-17(24)13-5-4-6-14(12(13)3)20-15-9-16(23)21(7-8-22)18(15)25/h4-6,9,11,20,22H,7-8,10H2,1-3H3,(H,19,24). The molecule has 0 fully saturated rings. The summed E-state index contributed by atoms with van der Waals surface area (Å²) in [5.74, 6) is -0.798. The van der Waals surface area contributed by atoms with Crippen LogP contribution in [-0.4, -0.2) is 47.4 Å². The lowest BCUT2D eigenvalue weighted by Gasteiger charge is -2.16. The molecule has 0 bridgehead atoms. The van der Waals surface area contributed by atoms with Gasteiger partial charge in [-0.25, -0.2) is 0 Å². The number of amides is 3. The van der Waals surface area contributed by atoms with Crippen LogP contribution in [0.5, 0.6) is 0 Å². The monoisotopic (exact) mass is 345 g/mol. The fraction of sp³-hybridized carbons (Fsp3) is 0.389. The average molecular weight is 345 g/mol. The quantitative estimate of drug-likeness (QED) is 0.641. The number of nitrogens with zero attached hydrogens (tertiary/aromatic N) is 1. The van der Waals surface area contributed by atoms with Crippen molar-refractivity contribution in [2.45, 2.75) is 20.8 Å². The van der Waals surface area contributed by atoms with Gasteiger partial charge in [-0.1, -0.05) is 19.9 Å². The van der Waals surface area contributed by atoms with E-state index in [0.717, 1.165) is 4.90 Å². The Morgan fingerprint density at radius 1 is 1.28 bits per heavy atom. The molecular formula is C18H23N3O4. The van der Waals surface area contributed by atoms with Crippen LogP contribution in [0.15, 0.2) is 30.0 Å². The van der Waals surface area contributed by atoms with E-state index in [1.54, 1.807) is 25.1 Å². The molecule has 0 aromatic heterocycles. The molecule has 3 N–H and O–H groups in total. The molecule has 3 amide bonds. The predicted molar refractivity (Wildman–Crippen MR) is 93.9 cm³/mol. The minimum Gasteiger partial charge on any atom is -0.395 e. The zero-order valence-electron chi connectivity index (χ0n) is 14.6. The van der Waals surface area contributed by atoms with Crippen molar-refractivity contribution in [1.29, 1.82) is 0 Å². The van der Waals surface area contributed by atoms with Gasteiger partial charge in [-0.3, -0.25) is 19.3 Å². The van der Waals surface area contributed by atoms with Crippen molar-refractivity contribution >= 4 is 23.4 Å². The first-order valence-corrected chi connectivity index (χ1v) is 8.18. The predicted octanol–water partition coefficient (Wildman–Crippen LogP) is 1.04. The van der Waals surface area contributed by atoms with Crippen molar-refractivity contribution in [3.8, 4) is 0 Å². The third-order valence-electron chi connectivity index (χ3n) is 3.85. The molecule has 1 heterocycles. The Bertz CT molecular complexity index is 725. The molecule has 0 unspecified atom stereocenters. The van der Waals surface area contributed by atoms with Crippen LogP contribution in [0.4, 0.5) is 5.69 Å². The molecule has 25 heavy (non-hydrogen) atoms. The van der Waals surface area contributed by atoms with Crippen LogP contribution in [0, 0.1) is 12.8 Å². The average Bonchev–Trinajstić information content (AvgIpc) is 2.82. The van der Waals surface area contributed by atoms with Gasteiger partial charge in [-0.05, 0) is 30.5 Å². The van der Waals surface area contributed by atoms with Gasteiger partial charge in [-0.15, -0.1) is 0 Å². The first-order chi connectivity index (χ1) is 11.8. The number of aliphatic hydroxyl groups excluding tert-OH is 1. The summed E-state index contributed by atoms with van der Waals surface area (Å²) in [6.45, 7) is 6.04. The van der Waals surface area contributed by atoms with Crippen molar-refractivity contribution in [2.75, 3.05) is 25.0 Å². The van der Waals surface area contributed by atoms with Crippen LogP contribution in [0.3, 0.4) is 0 Å². The largest absolute Gasteiger partial charge is 0.395 e. The summed E-state index contributed by atoms with van der Waals surface area (Å²) in [6.07, 6.45) is 1.20. The molecule has 1 aliphatic heterocycles. The van der Waals surface area contributed by atoms with Crippen molar-refractivity contribution in [3.05, 3.63) is 41.1 Å². The molecule has 1 aliphatic rings. The maximum absolute atomic E-state index is 12.3. The highest BCUT2D eigenvalue weighted by Crippen LogP contribution is 2.23. The third-order valence-corrected chi connectivity index (χ3v) is 3.85. The fourth-order valence-corrected chi connectivity index (χ4v) is 2.46. The van der Waals surface area contributed by atoms with Crippen LogP contribution >= 0.6 is 0 Å². The second-order valence-electron chi connectivity index (χ2n) is 6.28. The van der Waals surface area contributed by atoms with Crippen molar-refractivity contribution < 1.29 is 19.5 Å². The maximum Gasteiger partial charge on any atom is 0.277 e. The number of carbonyl (C=O) groups excluding carboxylic acids is 3. The lowest BCUT2D eigenvalue weighted by Crippen LogP contribution is -2.34. The second-order valence-corrected chi connectivity index (χ2v) is 6.28. The SMILES string of the molecule is Cc1c(NC2=CC(=O)N(CCO)C2=O)cccc1C(=O)NCC(C)C. The smallest absolute Gasteiger partial charge is 0.277 e. The fourth-order valence-electron chi connectivity index (χ4n) is 2.46. The molecule has 134 valence electrons. The Morgan fingerprint density at radius 2 is 2.00 bits per heavy atom. The van der Waals surface area contributed by atoms with Gasteiger partial charge in [0.15, 0.2) is 0 Å². The third kappa shape index (κ3) is 4.24. The Morgan fingerprint density at radius 3 is 2.64 bits per heavy atom. The summed E-state index contributed by atoms with van der Waals surface area (Å²) in [6, 6.07) is 5.17. The minimum atomic E-state index is -0.492. The van der Waals surface area contributed by atoms with Crippen LogP contribution in [0.25, 0.3) is 0 Å². The van der Waals surface area contributed by atoms with Gasteiger partial charge >= 0.3 is 0 Å². The number of carbonyl (C=O) groups is 3. The highest BCUT2D eigenvalue weighted by molar-refractivity contribution is 6.17.